The van der Waals surface area contributed by atoms with Gasteiger partial charge in [-0.2, -0.15) is 0 Å². The van der Waals surface area contributed by atoms with Crippen molar-refractivity contribution in [2.75, 3.05) is 0 Å². The van der Waals surface area contributed by atoms with Crippen molar-refractivity contribution in [3.8, 4) is 0 Å². The molecule has 0 saturated carbocycles. The summed E-state index contributed by atoms with van der Waals surface area (Å²) >= 11 is 15.4. The Morgan fingerprint density at radius 2 is 2.00 bits per heavy atom. The van der Waals surface area contributed by atoms with Crippen molar-refractivity contribution in [1.82, 2.24) is 4.98 Å². The minimum atomic E-state index is 0.676. The van der Waals surface area contributed by atoms with Crippen LogP contribution in [0.2, 0.25) is 10.0 Å². The van der Waals surface area contributed by atoms with Crippen LogP contribution in [-0.2, 0) is 0 Å². The molecule has 1 aromatic heterocycles. The van der Waals surface area contributed by atoms with Crippen molar-refractivity contribution < 1.29 is 0 Å². The van der Waals surface area contributed by atoms with E-state index in [9.17, 15) is 0 Å². The summed E-state index contributed by atoms with van der Waals surface area (Å²) in [6.45, 7) is 1.93. The van der Waals surface area contributed by atoms with Crippen LogP contribution in [-0.4, -0.2) is 4.98 Å². The van der Waals surface area contributed by atoms with Crippen molar-refractivity contribution >= 4 is 50.0 Å². The number of aromatic nitrogens is 1. The Morgan fingerprint density at radius 3 is 2.71 bits per heavy atom. The first kappa shape index (κ1) is 10.2. The number of fused-ring (bicyclic) bond motifs is 1. The molecule has 72 valence electrons. The predicted octanol–water partition coefficient (Wildman–Crippen LogP) is 4.61. The van der Waals surface area contributed by atoms with E-state index in [1.165, 1.54) is 0 Å². The molecule has 0 unspecified atom stereocenters. The Kier molecular flexibility index (Phi) is 2.69. The van der Waals surface area contributed by atoms with E-state index in [1.807, 2.05) is 19.1 Å². The average Bonchev–Trinajstić information content (AvgIpc) is 2.17. The van der Waals surface area contributed by atoms with E-state index < -0.39 is 0 Å². The van der Waals surface area contributed by atoms with Crippen LogP contribution >= 0.6 is 39.1 Å². The highest BCUT2D eigenvalue weighted by Crippen LogP contribution is 2.32. The van der Waals surface area contributed by atoms with Gasteiger partial charge in [-0.25, -0.2) is 0 Å². The zero-order valence-corrected chi connectivity index (χ0v) is 10.4. The first-order chi connectivity index (χ1) is 6.61. The fraction of sp³-hybridized carbons (Fsp3) is 0.100. The Labute approximate surface area is 100 Å². The molecule has 0 aliphatic heterocycles. The molecule has 0 aliphatic carbocycles. The lowest BCUT2D eigenvalue weighted by Gasteiger charge is -2.05. The first-order valence-corrected chi connectivity index (χ1v) is 5.55. The molecule has 0 amide bonds. The topological polar surface area (TPSA) is 12.9 Å². The molecule has 14 heavy (non-hydrogen) atoms. The van der Waals surface area contributed by atoms with Crippen LogP contribution in [0.3, 0.4) is 0 Å². The largest absolute Gasteiger partial charge is 0.255 e. The van der Waals surface area contributed by atoms with E-state index in [2.05, 4.69) is 20.9 Å². The lowest BCUT2D eigenvalue weighted by molar-refractivity contribution is 1.35. The molecule has 1 nitrogen and oxygen atoms in total. The monoisotopic (exact) mass is 289 g/mol. The molecular formula is C10H6BrCl2N. The lowest BCUT2D eigenvalue weighted by Crippen LogP contribution is -1.86. The molecular weight excluding hydrogens is 285 g/mol. The molecule has 0 atom stereocenters. The highest BCUT2D eigenvalue weighted by Gasteiger charge is 2.08. The van der Waals surface area contributed by atoms with Gasteiger partial charge in [0, 0.05) is 16.6 Å². The van der Waals surface area contributed by atoms with Crippen LogP contribution in [0.15, 0.2) is 22.8 Å². The maximum absolute atomic E-state index is 6.12. The van der Waals surface area contributed by atoms with Crippen molar-refractivity contribution in [3.63, 3.8) is 0 Å². The summed E-state index contributed by atoms with van der Waals surface area (Å²) in [6.07, 6.45) is 1.69. The molecule has 2 rings (SSSR count). The van der Waals surface area contributed by atoms with Gasteiger partial charge < -0.3 is 0 Å². The summed E-state index contributed by atoms with van der Waals surface area (Å²) in [5, 5.41) is 2.31. The summed E-state index contributed by atoms with van der Waals surface area (Å²) in [6, 6.07) is 3.71. The highest BCUT2D eigenvalue weighted by molar-refractivity contribution is 9.10. The van der Waals surface area contributed by atoms with Gasteiger partial charge in [0.25, 0.3) is 0 Å². The van der Waals surface area contributed by atoms with Gasteiger partial charge in [-0.1, -0.05) is 23.2 Å². The summed E-state index contributed by atoms with van der Waals surface area (Å²) in [7, 11) is 0. The summed E-state index contributed by atoms with van der Waals surface area (Å²) in [5.74, 6) is 0. The molecule has 0 fully saturated rings. The molecule has 0 aliphatic rings. The summed E-state index contributed by atoms with van der Waals surface area (Å²) in [5.41, 5.74) is 1.81. The van der Waals surface area contributed by atoms with E-state index in [-0.39, 0.29) is 0 Å². The number of halogens is 3. The Bertz CT molecular complexity index is 464. The van der Waals surface area contributed by atoms with E-state index in [0.29, 0.717) is 10.0 Å². The number of nitrogens with zero attached hydrogens (tertiary/aromatic N) is 1. The van der Waals surface area contributed by atoms with Crippen molar-refractivity contribution in [2.24, 2.45) is 0 Å². The molecule has 2 aromatic rings. The molecule has 1 aromatic carbocycles. The molecule has 1 heterocycles. The number of pyridine rings is 1. The van der Waals surface area contributed by atoms with Crippen LogP contribution in [0.1, 0.15) is 5.56 Å². The first-order valence-electron chi connectivity index (χ1n) is 4.00. The quantitative estimate of drug-likeness (QED) is 0.690. The van der Waals surface area contributed by atoms with Gasteiger partial charge in [0.2, 0.25) is 0 Å². The second kappa shape index (κ2) is 3.69. The van der Waals surface area contributed by atoms with Gasteiger partial charge in [0.05, 0.1) is 15.0 Å². The number of benzene rings is 1. The van der Waals surface area contributed by atoms with Crippen molar-refractivity contribution in [3.05, 3.63) is 38.4 Å². The van der Waals surface area contributed by atoms with Crippen molar-refractivity contribution in [2.45, 2.75) is 6.92 Å². The Morgan fingerprint density at radius 1 is 1.29 bits per heavy atom. The minimum Gasteiger partial charge on any atom is -0.255 e. The summed E-state index contributed by atoms with van der Waals surface area (Å²) < 4.78 is 0.799. The molecule has 0 saturated heterocycles. The zero-order chi connectivity index (χ0) is 10.3. The van der Waals surface area contributed by atoms with E-state index in [0.717, 1.165) is 20.9 Å². The minimum absolute atomic E-state index is 0.676. The van der Waals surface area contributed by atoms with Gasteiger partial charge >= 0.3 is 0 Å². The summed E-state index contributed by atoms with van der Waals surface area (Å²) in [4.78, 5) is 4.29. The second-order valence-electron chi connectivity index (χ2n) is 2.99. The number of hydrogen-bond donors (Lipinski definition) is 0. The molecule has 0 spiro atoms. The fourth-order valence-corrected chi connectivity index (χ4v) is 2.00. The standard InChI is InChI=1S/C10H6BrCl2N/c1-5-8(12)3-2-6-9(13)7(11)4-14-10(5)6/h2-4H,1H3. The van der Waals surface area contributed by atoms with Gasteiger partial charge in [0.1, 0.15) is 0 Å². The third-order valence-electron chi connectivity index (χ3n) is 2.12. The normalized spacial score (nSPS) is 10.9. The predicted molar refractivity (Wildman–Crippen MR) is 64.2 cm³/mol. The number of rotatable bonds is 0. The van der Waals surface area contributed by atoms with Crippen LogP contribution < -0.4 is 0 Å². The molecule has 0 bridgehead atoms. The maximum Gasteiger partial charge on any atom is 0.0761 e. The highest BCUT2D eigenvalue weighted by atomic mass is 79.9. The SMILES string of the molecule is Cc1c(Cl)ccc2c(Cl)c(Br)cnc12. The van der Waals surface area contributed by atoms with Crippen LogP contribution in [0.5, 0.6) is 0 Å². The Hall–Kier alpha value is -0.310. The number of aryl methyl sites for hydroxylation is 1. The average molecular weight is 291 g/mol. The molecule has 4 heteroatoms. The van der Waals surface area contributed by atoms with Gasteiger partial charge in [-0.05, 0) is 40.5 Å². The Balaban J connectivity index is 2.94. The third kappa shape index (κ3) is 1.52. The van der Waals surface area contributed by atoms with Crippen LogP contribution in [0, 0.1) is 6.92 Å². The van der Waals surface area contributed by atoms with E-state index in [4.69, 9.17) is 23.2 Å². The van der Waals surface area contributed by atoms with E-state index >= 15 is 0 Å². The van der Waals surface area contributed by atoms with Gasteiger partial charge in [-0.3, -0.25) is 4.98 Å². The fourth-order valence-electron chi connectivity index (χ4n) is 1.33. The van der Waals surface area contributed by atoms with Crippen molar-refractivity contribution in [1.29, 1.82) is 0 Å². The van der Waals surface area contributed by atoms with Gasteiger partial charge in [0.15, 0.2) is 0 Å². The molecule has 0 radical (unpaired) electrons. The van der Waals surface area contributed by atoms with Gasteiger partial charge in [-0.15, -0.1) is 0 Å². The zero-order valence-electron chi connectivity index (χ0n) is 7.31. The lowest BCUT2D eigenvalue weighted by atomic mass is 10.1. The second-order valence-corrected chi connectivity index (χ2v) is 4.63. The number of hydrogen-bond acceptors (Lipinski definition) is 1. The van der Waals surface area contributed by atoms with E-state index in [1.54, 1.807) is 6.20 Å². The maximum atomic E-state index is 6.12. The van der Waals surface area contributed by atoms with Crippen LogP contribution in [0.4, 0.5) is 0 Å². The van der Waals surface area contributed by atoms with Crippen LogP contribution in [0.25, 0.3) is 10.9 Å². The molecule has 0 N–H and O–H groups in total. The third-order valence-corrected chi connectivity index (χ3v) is 3.76. The smallest absolute Gasteiger partial charge is 0.0761 e.